The second kappa shape index (κ2) is 5.88. The van der Waals surface area contributed by atoms with E-state index < -0.39 is 0 Å². The number of hydrogen-bond acceptors (Lipinski definition) is 2. The molecule has 1 amide bonds. The Balaban J connectivity index is 1.91. The van der Waals surface area contributed by atoms with Crippen LogP contribution in [0.3, 0.4) is 0 Å². The van der Waals surface area contributed by atoms with Crippen molar-refractivity contribution in [2.75, 3.05) is 6.54 Å². The largest absolute Gasteiger partial charge is 0.331 e. The van der Waals surface area contributed by atoms with Crippen LogP contribution in [0.2, 0.25) is 5.02 Å². The molecule has 1 aromatic heterocycles. The summed E-state index contributed by atoms with van der Waals surface area (Å²) >= 11 is 11.2. The van der Waals surface area contributed by atoms with Crippen molar-refractivity contribution in [1.29, 1.82) is 0 Å². The second-order valence-electron chi connectivity index (χ2n) is 4.80. The number of halogens is 2. The quantitative estimate of drug-likeness (QED) is 0.716. The maximum absolute atomic E-state index is 12.8. The van der Waals surface area contributed by atoms with Crippen molar-refractivity contribution < 1.29 is 4.79 Å². The van der Waals surface area contributed by atoms with E-state index >= 15 is 0 Å². The lowest BCUT2D eigenvalue weighted by Gasteiger charge is -2.24. The predicted molar refractivity (Wildman–Crippen MR) is 86.5 cm³/mol. The molecule has 0 aliphatic carbocycles. The molecule has 0 N–H and O–H groups in total. The van der Waals surface area contributed by atoms with Gasteiger partial charge in [-0.15, -0.1) is 11.3 Å². The standard InChI is InChI=1S/C15H13BrClNOS/c16-12-6-5-10(17)9-11(12)15(19)18-7-1-3-13(18)14-4-2-8-20-14/h2,4-6,8-9,13H,1,3,7H2. The van der Waals surface area contributed by atoms with Gasteiger partial charge in [-0.2, -0.15) is 0 Å². The summed E-state index contributed by atoms with van der Waals surface area (Å²) < 4.78 is 0.795. The van der Waals surface area contributed by atoms with Gasteiger partial charge in [-0.1, -0.05) is 17.7 Å². The zero-order valence-corrected chi connectivity index (χ0v) is 13.8. The summed E-state index contributed by atoms with van der Waals surface area (Å²) in [5, 5.41) is 2.65. The van der Waals surface area contributed by atoms with E-state index in [2.05, 4.69) is 27.4 Å². The Hall–Kier alpha value is -0.840. The lowest BCUT2D eigenvalue weighted by molar-refractivity contribution is 0.0737. The van der Waals surface area contributed by atoms with Gasteiger partial charge in [-0.25, -0.2) is 0 Å². The van der Waals surface area contributed by atoms with Crippen LogP contribution in [0.25, 0.3) is 0 Å². The van der Waals surface area contributed by atoms with Gasteiger partial charge in [0.05, 0.1) is 11.6 Å². The number of benzene rings is 1. The molecular weight excluding hydrogens is 358 g/mol. The van der Waals surface area contributed by atoms with Gasteiger partial charge in [-0.05, 0) is 58.4 Å². The average Bonchev–Trinajstić information content (AvgIpc) is 3.10. The number of carbonyl (C=O) groups is 1. The van der Waals surface area contributed by atoms with Crippen molar-refractivity contribution >= 4 is 44.8 Å². The second-order valence-corrected chi connectivity index (χ2v) is 7.07. The minimum atomic E-state index is 0.0512. The van der Waals surface area contributed by atoms with Crippen LogP contribution in [-0.2, 0) is 0 Å². The normalized spacial score (nSPS) is 18.5. The fourth-order valence-electron chi connectivity index (χ4n) is 2.60. The van der Waals surface area contributed by atoms with E-state index in [4.69, 9.17) is 11.6 Å². The van der Waals surface area contributed by atoms with Gasteiger partial charge in [0.1, 0.15) is 0 Å². The smallest absolute Gasteiger partial charge is 0.255 e. The zero-order valence-electron chi connectivity index (χ0n) is 10.7. The van der Waals surface area contributed by atoms with Crippen molar-refractivity contribution in [3.05, 3.63) is 55.6 Å². The van der Waals surface area contributed by atoms with Crippen molar-refractivity contribution in [3.63, 3.8) is 0 Å². The van der Waals surface area contributed by atoms with Gasteiger partial charge in [0.2, 0.25) is 0 Å². The monoisotopic (exact) mass is 369 g/mol. The number of amides is 1. The lowest BCUT2D eigenvalue weighted by atomic mass is 10.1. The fraction of sp³-hybridized carbons (Fsp3) is 0.267. The molecule has 5 heteroatoms. The molecule has 0 saturated carbocycles. The molecule has 0 spiro atoms. The highest BCUT2D eigenvalue weighted by Crippen LogP contribution is 2.36. The molecule has 1 atom stereocenters. The minimum Gasteiger partial charge on any atom is -0.331 e. The summed E-state index contributed by atoms with van der Waals surface area (Å²) in [5.74, 6) is 0.0512. The SMILES string of the molecule is O=C(c1cc(Cl)ccc1Br)N1CCCC1c1cccs1. The van der Waals surface area contributed by atoms with E-state index in [1.807, 2.05) is 17.0 Å². The van der Waals surface area contributed by atoms with Gasteiger partial charge in [0.25, 0.3) is 5.91 Å². The van der Waals surface area contributed by atoms with Crippen LogP contribution in [0, 0.1) is 0 Å². The molecule has 2 nitrogen and oxygen atoms in total. The summed E-state index contributed by atoms with van der Waals surface area (Å²) in [6.07, 6.45) is 2.08. The highest BCUT2D eigenvalue weighted by atomic mass is 79.9. The molecule has 3 rings (SSSR count). The first-order valence-corrected chi connectivity index (χ1v) is 8.51. The molecule has 2 aromatic rings. The number of likely N-dealkylation sites (tertiary alicyclic amines) is 1. The third kappa shape index (κ3) is 2.65. The molecule has 0 radical (unpaired) electrons. The summed E-state index contributed by atoms with van der Waals surface area (Å²) in [6, 6.07) is 9.69. The van der Waals surface area contributed by atoms with Crippen LogP contribution in [0.5, 0.6) is 0 Å². The molecule has 20 heavy (non-hydrogen) atoms. The van der Waals surface area contributed by atoms with Crippen molar-refractivity contribution in [1.82, 2.24) is 4.90 Å². The molecule has 1 unspecified atom stereocenters. The van der Waals surface area contributed by atoms with Crippen LogP contribution in [0.1, 0.15) is 34.1 Å². The third-order valence-corrected chi connectivity index (χ3v) is 5.44. The van der Waals surface area contributed by atoms with Gasteiger partial charge in [0, 0.05) is 20.9 Å². The maximum Gasteiger partial charge on any atom is 0.255 e. The Kier molecular flexibility index (Phi) is 4.15. The van der Waals surface area contributed by atoms with Crippen LogP contribution in [0.4, 0.5) is 0 Å². The summed E-state index contributed by atoms with van der Waals surface area (Å²) in [6.45, 7) is 0.806. The number of thiophene rings is 1. The van der Waals surface area contributed by atoms with E-state index in [0.717, 1.165) is 23.9 Å². The Bertz CT molecular complexity index is 629. The highest BCUT2D eigenvalue weighted by Gasteiger charge is 2.31. The zero-order chi connectivity index (χ0) is 14.1. The first-order chi connectivity index (χ1) is 9.66. The number of carbonyl (C=O) groups excluding carboxylic acids is 1. The maximum atomic E-state index is 12.8. The lowest BCUT2D eigenvalue weighted by Crippen LogP contribution is -2.30. The first kappa shape index (κ1) is 14.1. The molecule has 1 aliphatic heterocycles. The van der Waals surface area contributed by atoms with Crippen molar-refractivity contribution in [2.24, 2.45) is 0 Å². The van der Waals surface area contributed by atoms with Crippen LogP contribution >= 0.6 is 38.9 Å². The van der Waals surface area contributed by atoms with E-state index in [1.165, 1.54) is 4.88 Å². The Morgan fingerprint density at radius 1 is 1.40 bits per heavy atom. The molecule has 1 fully saturated rings. The van der Waals surface area contributed by atoms with Crippen molar-refractivity contribution in [3.8, 4) is 0 Å². The van der Waals surface area contributed by atoms with Crippen LogP contribution in [-0.4, -0.2) is 17.4 Å². The first-order valence-electron chi connectivity index (χ1n) is 6.46. The van der Waals surface area contributed by atoms with E-state index in [-0.39, 0.29) is 11.9 Å². The van der Waals surface area contributed by atoms with Crippen LogP contribution < -0.4 is 0 Å². The van der Waals surface area contributed by atoms with Gasteiger partial charge < -0.3 is 4.90 Å². The number of hydrogen-bond donors (Lipinski definition) is 0. The van der Waals surface area contributed by atoms with Crippen LogP contribution in [0.15, 0.2) is 40.2 Å². The molecule has 0 bridgehead atoms. The molecule has 1 aliphatic rings. The Morgan fingerprint density at radius 2 is 2.25 bits per heavy atom. The molecule has 2 heterocycles. The van der Waals surface area contributed by atoms with Gasteiger partial charge in [0.15, 0.2) is 0 Å². The van der Waals surface area contributed by atoms with E-state index in [1.54, 1.807) is 23.5 Å². The average molecular weight is 371 g/mol. The fourth-order valence-corrected chi connectivity index (χ4v) is 4.06. The van der Waals surface area contributed by atoms with Crippen molar-refractivity contribution in [2.45, 2.75) is 18.9 Å². The number of nitrogens with zero attached hydrogens (tertiary/aromatic N) is 1. The number of rotatable bonds is 2. The summed E-state index contributed by atoms with van der Waals surface area (Å²) in [7, 11) is 0. The third-order valence-electron chi connectivity index (χ3n) is 3.54. The Morgan fingerprint density at radius 3 is 3.00 bits per heavy atom. The summed E-state index contributed by atoms with van der Waals surface area (Å²) in [4.78, 5) is 16.0. The summed E-state index contributed by atoms with van der Waals surface area (Å²) in [5.41, 5.74) is 0.640. The van der Waals surface area contributed by atoms with Gasteiger partial charge in [-0.3, -0.25) is 4.79 Å². The van der Waals surface area contributed by atoms with E-state index in [9.17, 15) is 4.79 Å². The highest BCUT2D eigenvalue weighted by molar-refractivity contribution is 9.10. The topological polar surface area (TPSA) is 20.3 Å². The van der Waals surface area contributed by atoms with E-state index in [0.29, 0.717) is 10.6 Å². The minimum absolute atomic E-state index is 0.0512. The van der Waals surface area contributed by atoms with Gasteiger partial charge >= 0.3 is 0 Å². The molecular formula is C15H13BrClNOS. The molecule has 1 aromatic carbocycles. The predicted octanol–water partition coefficient (Wildman–Crippen LogP) is 5.14. The Labute approximate surface area is 135 Å². The molecule has 1 saturated heterocycles. The molecule has 104 valence electrons.